The van der Waals surface area contributed by atoms with E-state index in [4.69, 9.17) is 5.73 Å². The van der Waals surface area contributed by atoms with Gasteiger partial charge in [0.25, 0.3) is 0 Å². The third-order valence-electron chi connectivity index (χ3n) is 5.21. The first-order valence-electron chi connectivity index (χ1n) is 8.51. The van der Waals surface area contributed by atoms with Crippen LogP contribution in [0.5, 0.6) is 0 Å². The highest BCUT2D eigenvalue weighted by Gasteiger charge is 2.37. The Morgan fingerprint density at radius 2 is 1.44 bits per heavy atom. The number of hydrogen-bond donors (Lipinski definition) is 1. The summed E-state index contributed by atoms with van der Waals surface area (Å²) in [5.41, 5.74) is 7.00. The average molecular weight is 253 g/mol. The summed E-state index contributed by atoms with van der Waals surface area (Å²) in [4.78, 5) is 0. The third kappa shape index (κ3) is 4.91. The van der Waals surface area contributed by atoms with Gasteiger partial charge in [0.2, 0.25) is 0 Å². The van der Waals surface area contributed by atoms with E-state index in [2.05, 4.69) is 13.8 Å². The quantitative estimate of drug-likeness (QED) is 0.516. The maximum Gasteiger partial charge on any atom is 0.00954 e. The molecule has 1 nitrogen and oxygen atoms in total. The molecule has 1 aliphatic rings. The summed E-state index contributed by atoms with van der Waals surface area (Å²) in [6.45, 7) is 4.63. The predicted octanol–water partition coefficient (Wildman–Crippen LogP) is 5.42. The van der Waals surface area contributed by atoms with Gasteiger partial charge in [-0.1, -0.05) is 71.6 Å². The topological polar surface area (TPSA) is 26.0 Å². The molecule has 1 heteroatoms. The average Bonchev–Trinajstić information content (AvgIpc) is 2.87. The minimum absolute atomic E-state index is 0.473. The number of rotatable bonds is 10. The SMILES string of the molecule is CCCCCCCCCC(N)C1(CC)CCCC1. The summed E-state index contributed by atoms with van der Waals surface area (Å²) in [6.07, 6.45) is 18.0. The van der Waals surface area contributed by atoms with E-state index in [-0.39, 0.29) is 0 Å². The molecule has 18 heavy (non-hydrogen) atoms. The first-order valence-corrected chi connectivity index (χ1v) is 8.51. The predicted molar refractivity (Wildman–Crippen MR) is 81.8 cm³/mol. The van der Waals surface area contributed by atoms with E-state index in [9.17, 15) is 0 Å². The normalized spacial score (nSPS) is 20.2. The van der Waals surface area contributed by atoms with Gasteiger partial charge in [0.1, 0.15) is 0 Å². The molecule has 108 valence electrons. The zero-order valence-corrected chi connectivity index (χ0v) is 12.8. The zero-order chi connectivity index (χ0) is 13.3. The molecule has 0 amide bonds. The molecule has 2 N–H and O–H groups in total. The Bertz CT molecular complexity index is 194. The molecule has 1 fully saturated rings. The molecule has 0 aromatic rings. The van der Waals surface area contributed by atoms with Crippen molar-refractivity contribution in [3.8, 4) is 0 Å². The highest BCUT2D eigenvalue weighted by molar-refractivity contribution is 4.91. The molecule has 0 radical (unpaired) electrons. The van der Waals surface area contributed by atoms with Gasteiger partial charge in [-0.15, -0.1) is 0 Å². The molecule has 1 atom stereocenters. The maximum absolute atomic E-state index is 6.49. The lowest BCUT2D eigenvalue weighted by atomic mass is 9.75. The Balaban J connectivity index is 2.07. The van der Waals surface area contributed by atoms with Gasteiger partial charge in [0.05, 0.1) is 0 Å². The van der Waals surface area contributed by atoms with E-state index in [0.717, 1.165) is 0 Å². The first kappa shape index (κ1) is 16.0. The Kier molecular flexibility index (Phi) is 7.97. The molecular formula is C17H35N. The van der Waals surface area contributed by atoms with Crippen LogP contribution < -0.4 is 5.73 Å². The van der Waals surface area contributed by atoms with Crippen LogP contribution in [0.1, 0.15) is 97.3 Å². The largest absolute Gasteiger partial charge is 0.327 e. The van der Waals surface area contributed by atoms with E-state index in [0.29, 0.717) is 11.5 Å². The Morgan fingerprint density at radius 1 is 0.889 bits per heavy atom. The van der Waals surface area contributed by atoms with Crippen molar-refractivity contribution in [1.82, 2.24) is 0 Å². The molecule has 1 rings (SSSR count). The van der Waals surface area contributed by atoms with E-state index >= 15 is 0 Å². The standard InChI is InChI=1S/C17H35N/c1-3-5-6-7-8-9-10-13-16(18)17(4-2)14-11-12-15-17/h16H,3-15,18H2,1-2H3. The minimum atomic E-state index is 0.473. The summed E-state index contributed by atoms with van der Waals surface area (Å²) < 4.78 is 0. The van der Waals surface area contributed by atoms with Crippen molar-refractivity contribution < 1.29 is 0 Å². The van der Waals surface area contributed by atoms with E-state index in [1.165, 1.54) is 83.5 Å². The van der Waals surface area contributed by atoms with Gasteiger partial charge in [-0.3, -0.25) is 0 Å². The van der Waals surface area contributed by atoms with Gasteiger partial charge < -0.3 is 5.73 Å². The van der Waals surface area contributed by atoms with Crippen LogP contribution in [0.4, 0.5) is 0 Å². The highest BCUT2D eigenvalue weighted by atomic mass is 14.7. The minimum Gasteiger partial charge on any atom is -0.327 e. The highest BCUT2D eigenvalue weighted by Crippen LogP contribution is 2.44. The van der Waals surface area contributed by atoms with Crippen LogP contribution in [0.2, 0.25) is 0 Å². The fourth-order valence-electron chi connectivity index (χ4n) is 3.69. The van der Waals surface area contributed by atoms with Crippen LogP contribution in [-0.2, 0) is 0 Å². The maximum atomic E-state index is 6.49. The van der Waals surface area contributed by atoms with Gasteiger partial charge in [-0.2, -0.15) is 0 Å². The van der Waals surface area contributed by atoms with Crippen LogP contribution in [0.25, 0.3) is 0 Å². The summed E-state index contributed by atoms with van der Waals surface area (Å²) >= 11 is 0. The molecule has 0 spiro atoms. The van der Waals surface area contributed by atoms with Crippen LogP contribution in [0.15, 0.2) is 0 Å². The molecule has 0 aliphatic heterocycles. The van der Waals surface area contributed by atoms with E-state index in [1.807, 2.05) is 0 Å². The van der Waals surface area contributed by atoms with Crippen molar-refractivity contribution in [2.45, 2.75) is 103 Å². The number of nitrogens with two attached hydrogens (primary N) is 1. The second kappa shape index (κ2) is 8.96. The van der Waals surface area contributed by atoms with Crippen molar-refractivity contribution in [2.75, 3.05) is 0 Å². The van der Waals surface area contributed by atoms with Crippen LogP contribution >= 0.6 is 0 Å². The first-order chi connectivity index (χ1) is 8.75. The van der Waals surface area contributed by atoms with E-state index < -0.39 is 0 Å². The fraction of sp³-hybridized carbons (Fsp3) is 1.00. The van der Waals surface area contributed by atoms with Crippen LogP contribution in [-0.4, -0.2) is 6.04 Å². The molecule has 0 aromatic heterocycles. The molecule has 0 bridgehead atoms. The van der Waals surface area contributed by atoms with Crippen molar-refractivity contribution in [1.29, 1.82) is 0 Å². The van der Waals surface area contributed by atoms with Crippen LogP contribution in [0, 0.1) is 5.41 Å². The van der Waals surface area contributed by atoms with Crippen molar-refractivity contribution in [2.24, 2.45) is 11.1 Å². The molecule has 1 unspecified atom stereocenters. The second-order valence-electron chi connectivity index (χ2n) is 6.44. The van der Waals surface area contributed by atoms with Gasteiger partial charge in [0, 0.05) is 6.04 Å². The molecule has 1 saturated carbocycles. The Labute approximate surface area is 115 Å². The summed E-state index contributed by atoms with van der Waals surface area (Å²) in [5, 5.41) is 0. The van der Waals surface area contributed by atoms with Crippen LogP contribution in [0.3, 0.4) is 0 Å². The number of hydrogen-bond acceptors (Lipinski definition) is 1. The van der Waals surface area contributed by atoms with Crippen molar-refractivity contribution in [3.05, 3.63) is 0 Å². The Hall–Kier alpha value is -0.0400. The monoisotopic (exact) mass is 253 g/mol. The molecule has 0 heterocycles. The molecule has 0 aromatic carbocycles. The summed E-state index contributed by atoms with van der Waals surface area (Å²) in [7, 11) is 0. The molecular weight excluding hydrogens is 218 g/mol. The van der Waals surface area contributed by atoms with Gasteiger partial charge in [0.15, 0.2) is 0 Å². The van der Waals surface area contributed by atoms with E-state index in [1.54, 1.807) is 0 Å². The lowest BCUT2D eigenvalue weighted by Gasteiger charge is -2.34. The van der Waals surface area contributed by atoms with Crippen molar-refractivity contribution in [3.63, 3.8) is 0 Å². The zero-order valence-electron chi connectivity index (χ0n) is 12.8. The van der Waals surface area contributed by atoms with Gasteiger partial charge >= 0.3 is 0 Å². The number of unbranched alkanes of at least 4 members (excludes halogenated alkanes) is 6. The summed E-state index contributed by atoms with van der Waals surface area (Å²) in [5.74, 6) is 0. The Morgan fingerprint density at radius 3 is 2.00 bits per heavy atom. The van der Waals surface area contributed by atoms with Gasteiger partial charge in [-0.25, -0.2) is 0 Å². The third-order valence-corrected chi connectivity index (χ3v) is 5.21. The summed E-state index contributed by atoms with van der Waals surface area (Å²) in [6, 6.07) is 0.473. The lowest BCUT2D eigenvalue weighted by Crippen LogP contribution is -2.39. The lowest BCUT2D eigenvalue weighted by molar-refractivity contribution is 0.207. The smallest absolute Gasteiger partial charge is 0.00954 e. The molecule has 1 aliphatic carbocycles. The van der Waals surface area contributed by atoms with Gasteiger partial charge in [-0.05, 0) is 31.1 Å². The fourth-order valence-corrected chi connectivity index (χ4v) is 3.69. The van der Waals surface area contributed by atoms with Crippen molar-refractivity contribution >= 4 is 0 Å². The second-order valence-corrected chi connectivity index (χ2v) is 6.44. The molecule has 0 saturated heterocycles.